The first-order valence-corrected chi connectivity index (χ1v) is 11.4. The van der Waals surface area contributed by atoms with E-state index in [1.54, 1.807) is 13.3 Å². The van der Waals surface area contributed by atoms with Crippen LogP contribution in [0.1, 0.15) is 34.1 Å². The van der Waals surface area contributed by atoms with Gasteiger partial charge < -0.3 is 19.7 Å². The molecule has 0 bridgehead atoms. The van der Waals surface area contributed by atoms with Crippen LogP contribution in [0.15, 0.2) is 48.3 Å². The van der Waals surface area contributed by atoms with E-state index in [2.05, 4.69) is 53.4 Å². The van der Waals surface area contributed by atoms with E-state index < -0.39 is 0 Å². The summed E-state index contributed by atoms with van der Waals surface area (Å²) >= 11 is 0. The number of carbonyl (C=O) groups is 1. The van der Waals surface area contributed by atoms with Crippen molar-refractivity contribution in [1.29, 1.82) is 0 Å². The van der Waals surface area contributed by atoms with Gasteiger partial charge in [-0.2, -0.15) is 0 Å². The Hall–Kier alpha value is -2.97. The highest BCUT2D eigenvalue weighted by Crippen LogP contribution is 2.28. The minimum atomic E-state index is 0.384. The molecule has 2 aromatic rings. The molecule has 1 aliphatic carbocycles. The zero-order valence-electron chi connectivity index (χ0n) is 20.5. The van der Waals surface area contributed by atoms with Gasteiger partial charge in [0.1, 0.15) is 0 Å². The van der Waals surface area contributed by atoms with Crippen molar-refractivity contribution in [2.45, 2.75) is 40.2 Å². The second-order valence-corrected chi connectivity index (χ2v) is 7.89. The number of likely N-dealkylation sites (N-methyl/N-ethyl adjacent to an activating group) is 1. The van der Waals surface area contributed by atoms with Crippen LogP contribution in [0.4, 0.5) is 5.82 Å². The topological polar surface area (TPSA) is 81.5 Å². The number of methoxy groups -OCH3 is 1. The Morgan fingerprint density at radius 2 is 2.09 bits per heavy atom. The highest BCUT2D eigenvalue weighted by atomic mass is 16.5. The van der Waals surface area contributed by atoms with Crippen LogP contribution in [-0.4, -0.2) is 67.2 Å². The van der Waals surface area contributed by atoms with Crippen LogP contribution in [0.2, 0.25) is 0 Å². The van der Waals surface area contributed by atoms with E-state index in [0.717, 1.165) is 41.9 Å². The van der Waals surface area contributed by atoms with Crippen molar-refractivity contribution in [1.82, 2.24) is 20.1 Å². The fourth-order valence-corrected chi connectivity index (χ4v) is 3.12. The van der Waals surface area contributed by atoms with Crippen molar-refractivity contribution in [3.8, 4) is 0 Å². The number of nitrogens with one attached hydrogen (secondary N) is 1. The largest absolute Gasteiger partial charge is 0.382 e. The summed E-state index contributed by atoms with van der Waals surface area (Å²) in [5.74, 6) is 0.925. The SMILES string of the molecule is CCN(CCOCCNC=O)c1nn(C2=CC=C(C)CC=C2)c2cnccc12.COC(C)C. The van der Waals surface area contributed by atoms with Crippen LogP contribution in [0.25, 0.3) is 16.6 Å². The maximum atomic E-state index is 10.3. The summed E-state index contributed by atoms with van der Waals surface area (Å²) < 4.78 is 12.3. The molecule has 0 spiro atoms. The second-order valence-electron chi connectivity index (χ2n) is 7.89. The van der Waals surface area contributed by atoms with Gasteiger partial charge in [0.2, 0.25) is 6.41 Å². The van der Waals surface area contributed by atoms with Crippen LogP contribution in [-0.2, 0) is 14.3 Å². The summed E-state index contributed by atoms with van der Waals surface area (Å²) in [4.78, 5) is 16.8. The molecule has 2 aromatic heterocycles. The Bertz CT molecular complexity index is 962. The third-order valence-corrected chi connectivity index (χ3v) is 5.11. The monoisotopic (exact) mass is 455 g/mol. The number of hydrogen-bond acceptors (Lipinski definition) is 6. The smallest absolute Gasteiger partial charge is 0.207 e. The Labute approximate surface area is 197 Å². The molecule has 33 heavy (non-hydrogen) atoms. The van der Waals surface area contributed by atoms with Gasteiger partial charge in [-0.3, -0.25) is 9.78 Å². The van der Waals surface area contributed by atoms with E-state index in [0.29, 0.717) is 32.3 Å². The average molecular weight is 456 g/mol. The highest BCUT2D eigenvalue weighted by molar-refractivity contribution is 5.92. The maximum absolute atomic E-state index is 10.3. The molecule has 180 valence electrons. The molecule has 8 heteroatoms. The Morgan fingerprint density at radius 1 is 1.30 bits per heavy atom. The molecule has 0 aromatic carbocycles. The van der Waals surface area contributed by atoms with Gasteiger partial charge in [0.15, 0.2) is 5.82 Å². The first kappa shape index (κ1) is 26.3. The third-order valence-electron chi connectivity index (χ3n) is 5.11. The second kappa shape index (κ2) is 14.2. The zero-order valence-corrected chi connectivity index (χ0v) is 20.5. The standard InChI is InChI=1S/C21H27N5O2.C4H10O/c1-3-25(12-14-28-13-11-23-16-27)21-19-9-10-22-15-20(19)26(24-21)18-6-4-5-17(2)7-8-18;1-4(2)5-3/h4,6-10,15-16H,3,5,11-14H2,1-2H3,(H,23,27);4H,1-3H3. The maximum Gasteiger partial charge on any atom is 0.207 e. The number of fused-ring (bicyclic) bond motifs is 1. The molecule has 3 rings (SSSR count). The van der Waals surface area contributed by atoms with Crippen molar-refractivity contribution >= 4 is 28.8 Å². The van der Waals surface area contributed by atoms with Gasteiger partial charge in [-0.25, -0.2) is 4.68 Å². The van der Waals surface area contributed by atoms with Gasteiger partial charge >= 0.3 is 0 Å². The number of allylic oxidation sites excluding steroid dienone is 6. The first-order chi connectivity index (χ1) is 16.0. The summed E-state index contributed by atoms with van der Waals surface area (Å²) in [7, 11) is 1.70. The molecule has 0 radical (unpaired) electrons. The molecule has 0 unspecified atom stereocenters. The lowest BCUT2D eigenvalue weighted by atomic mass is 10.2. The molecule has 2 heterocycles. The van der Waals surface area contributed by atoms with Gasteiger partial charge in [-0.1, -0.05) is 17.7 Å². The molecule has 0 atom stereocenters. The van der Waals surface area contributed by atoms with Gasteiger partial charge in [0.25, 0.3) is 0 Å². The molecule has 1 N–H and O–H groups in total. The zero-order chi connectivity index (χ0) is 24.1. The van der Waals surface area contributed by atoms with Crippen molar-refractivity contribution in [3.05, 3.63) is 48.3 Å². The lowest BCUT2D eigenvalue weighted by Crippen LogP contribution is -2.29. The molecule has 0 aliphatic heterocycles. The van der Waals surface area contributed by atoms with E-state index in [-0.39, 0.29) is 0 Å². The first-order valence-electron chi connectivity index (χ1n) is 11.4. The number of rotatable bonds is 11. The van der Waals surface area contributed by atoms with Gasteiger partial charge in [0.05, 0.1) is 36.7 Å². The number of ether oxygens (including phenoxy) is 2. The van der Waals surface area contributed by atoms with Crippen molar-refractivity contribution in [3.63, 3.8) is 0 Å². The molecule has 0 saturated heterocycles. The number of hydrogen-bond donors (Lipinski definition) is 1. The fraction of sp³-hybridized carbons (Fsp3) is 0.480. The minimum absolute atomic E-state index is 0.384. The number of carbonyl (C=O) groups excluding carboxylic acids is 1. The quantitative estimate of drug-likeness (QED) is 0.410. The van der Waals surface area contributed by atoms with Gasteiger partial charge in [0, 0.05) is 38.3 Å². The van der Waals surface area contributed by atoms with Gasteiger partial charge in [-0.05, 0) is 52.3 Å². The van der Waals surface area contributed by atoms with Gasteiger partial charge in [-0.15, -0.1) is 5.10 Å². The van der Waals surface area contributed by atoms with Crippen LogP contribution in [0, 0.1) is 0 Å². The van der Waals surface area contributed by atoms with Crippen molar-refractivity contribution in [2.24, 2.45) is 0 Å². The van der Waals surface area contributed by atoms with Crippen LogP contribution in [0.3, 0.4) is 0 Å². The number of amides is 1. The molecule has 8 nitrogen and oxygen atoms in total. The van der Waals surface area contributed by atoms with Crippen LogP contribution in [0.5, 0.6) is 0 Å². The highest BCUT2D eigenvalue weighted by Gasteiger charge is 2.17. The van der Waals surface area contributed by atoms with E-state index in [9.17, 15) is 4.79 Å². The molecule has 1 aliphatic rings. The summed E-state index contributed by atoms with van der Waals surface area (Å²) in [6.45, 7) is 11.4. The summed E-state index contributed by atoms with van der Waals surface area (Å²) in [6, 6.07) is 2.01. The van der Waals surface area contributed by atoms with Crippen molar-refractivity contribution < 1.29 is 14.3 Å². The molecular weight excluding hydrogens is 418 g/mol. The summed E-state index contributed by atoms with van der Waals surface area (Å²) in [5.41, 5.74) is 3.32. The Morgan fingerprint density at radius 3 is 2.79 bits per heavy atom. The molecule has 1 amide bonds. The molecule has 0 saturated carbocycles. The van der Waals surface area contributed by atoms with Crippen LogP contribution < -0.4 is 10.2 Å². The Balaban J connectivity index is 0.000000696. The van der Waals surface area contributed by atoms with E-state index in [1.807, 2.05) is 30.8 Å². The van der Waals surface area contributed by atoms with E-state index in [1.165, 1.54) is 5.57 Å². The number of pyridine rings is 1. The normalized spacial score (nSPS) is 13.2. The van der Waals surface area contributed by atoms with Crippen molar-refractivity contribution in [2.75, 3.05) is 44.9 Å². The average Bonchev–Trinajstić information content (AvgIpc) is 3.07. The van der Waals surface area contributed by atoms with E-state index >= 15 is 0 Å². The summed E-state index contributed by atoms with van der Waals surface area (Å²) in [6.07, 6.45) is 14.2. The number of nitrogens with zero attached hydrogens (tertiary/aromatic N) is 4. The number of anilines is 1. The fourth-order valence-electron chi connectivity index (χ4n) is 3.12. The molecular formula is C25H37N5O3. The predicted octanol–water partition coefficient (Wildman–Crippen LogP) is 3.81. The lowest BCUT2D eigenvalue weighted by molar-refractivity contribution is -0.109. The minimum Gasteiger partial charge on any atom is -0.382 e. The Kier molecular flexibility index (Phi) is 11.3. The molecule has 0 fully saturated rings. The van der Waals surface area contributed by atoms with E-state index in [4.69, 9.17) is 14.6 Å². The lowest BCUT2D eigenvalue weighted by Gasteiger charge is -2.20. The summed E-state index contributed by atoms with van der Waals surface area (Å²) in [5, 5.41) is 8.58. The van der Waals surface area contributed by atoms with Crippen LogP contribution >= 0.6 is 0 Å². The predicted molar refractivity (Wildman–Crippen MR) is 134 cm³/mol. The number of aromatic nitrogens is 3. The third kappa shape index (κ3) is 8.14.